The molecule has 1 fully saturated rings. The Morgan fingerprint density at radius 1 is 1.67 bits per heavy atom. The van der Waals surface area contributed by atoms with Crippen molar-refractivity contribution in [3.8, 4) is 0 Å². The van der Waals surface area contributed by atoms with Gasteiger partial charge in [-0.05, 0) is 6.42 Å². The third kappa shape index (κ3) is 2.03. The van der Waals surface area contributed by atoms with Gasteiger partial charge in [-0.15, -0.1) is 0 Å². The molecule has 1 aliphatic heterocycles. The number of nitrogens with two attached hydrogens (primary N) is 1. The molecule has 0 spiro atoms. The maximum absolute atomic E-state index is 9.14. The minimum absolute atomic E-state index is 0.0457. The average molecular weight is 242 g/mol. The molecule has 0 aromatic rings. The molecule has 3 N–H and O–H groups in total. The van der Waals surface area contributed by atoms with E-state index < -0.39 is 0 Å². The molecule has 0 aliphatic carbocycles. The first kappa shape index (κ1) is 7.71. The van der Waals surface area contributed by atoms with Crippen LogP contribution in [0.15, 0.2) is 0 Å². The second-order valence-corrected chi connectivity index (χ2v) is 3.75. The molecule has 0 bridgehead atoms. The lowest BCUT2D eigenvalue weighted by molar-refractivity contribution is 0.0991. The van der Waals surface area contributed by atoms with Crippen LogP contribution in [-0.2, 0) is 0 Å². The number of rotatable bonds is 0. The fourth-order valence-corrected chi connectivity index (χ4v) is 1.66. The zero-order valence-corrected chi connectivity index (χ0v) is 7.28. The molecule has 9 heavy (non-hydrogen) atoms. The van der Waals surface area contributed by atoms with Gasteiger partial charge in [0.1, 0.15) is 0 Å². The van der Waals surface area contributed by atoms with Gasteiger partial charge in [-0.25, -0.2) is 3.11 Å². The molecule has 3 nitrogen and oxygen atoms in total. The van der Waals surface area contributed by atoms with Gasteiger partial charge in [-0.2, -0.15) is 0 Å². The first-order valence-electron chi connectivity index (χ1n) is 3.04. The maximum Gasteiger partial charge on any atom is 0.0716 e. The highest BCUT2D eigenvalue weighted by molar-refractivity contribution is 14.1. The fourth-order valence-electron chi connectivity index (χ4n) is 0.928. The van der Waals surface area contributed by atoms with E-state index in [4.69, 9.17) is 10.8 Å². The van der Waals surface area contributed by atoms with Crippen LogP contribution in [0.2, 0.25) is 0 Å². The predicted octanol–water partition coefficient (Wildman–Crippen LogP) is -0.270. The number of halogens is 1. The SMILES string of the molecule is N[C@H]1CN(I)CC[C@H]1O. The van der Waals surface area contributed by atoms with E-state index in [1.54, 1.807) is 0 Å². The molecule has 4 heteroatoms. The fraction of sp³-hybridized carbons (Fsp3) is 1.00. The molecule has 0 amide bonds. The van der Waals surface area contributed by atoms with Crippen LogP contribution in [0, 0.1) is 0 Å². The van der Waals surface area contributed by atoms with Crippen LogP contribution in [0.5, 0.6) is 0 Å². The van der Waals surface area contributed by atoms with Crippen molar-refractivity contribution in [3.05, 3.63) is 0 Å². The lowest BCUT2D eigenvalue weighted by atomic mass is 10.1. The van der Waals surface area contributed by atoms with E-state index >= 15 is 0 Å². The lowest BCUT2D eigenvalue weighted by Gasteiger charge is -2.29. The monoisotopic (exact) mass is 242 g/mol. The van der Waals surface area contributed by atoms with Gasteiger partial charge in [0, 0.05) is 42.0 Å². The highest BCUT2D eigenvalue weighted by atomic mass is 127. The van der Waals surface area contributed by atoms with Crippen molar-refractivity contribution < 1.29 is 5.11 Å². The zero-order valence-electron chi connectivity index (χ0n) is 5.13. The molecule has 54 valence electrons. The molecule has 0 radical (unpaired) electrons. The van der Waals surface area contributed by atoms with E-state index in [2.05, 4.69) is 26.0 Å². The maximum atomic E-state index is 9.14. The van der Waals surface area contributed by atoms with Gasteiger partial charge >= 0.3 is 0 Å². The van der Waals surface area contributed by atoms with Crippen LogP contribution >= 0.6 is 22.9 Å². The van der Waals surface area contributed by atoms with Crippen LogP contribution in [0.3, 0.4) is 0 Å². The summed E-state index contributed by atoms with van der Waals surface area (Å²) < 4.78 is 2.11. The summed E-state index contributed by atoms with van der Waals surface area (Å²) in [7, 11) is 0. The summed E-state index contributed by atoms with van der Waals surface area (Å²) in [6.07, 6.45) is 0.528. The van der Waals surface area contributed by atoms with Crippen molar-refractivity contribution in [3.63, 3.8) is 0 Å². The van der Waals surface area contributed by atoms with Gasteiger partial charge in [0.15, 0.2) is 0 Å². The molecular weight excluding hydrogens is 231 g/mol. The van der Waals surface area contributed by atoms with Crippen molar-refractivity contribution in [1.29, 1.82) is 0 Å². The van der Waals surface area contributed by atoms with Crippen molar-refractivity contribution in [2.24, 2.45) is 5.73 Å². The van der Waals surface area contributed by atoms with Gasteiger partial charge < -0.3 is 10.8 Å². The molecule has 0 unspecified atom stereocenters. The predicted molar refractivity (Wildman–Crippen MR) is 44.2 cm³/mol. The summed E-state index contributed by atoms with van der Waals surface area (Å²) in [6.45, 7) is 1.76. The Morgan fingerprint density at radius 2 is 2.33 bits per heavy atom. The first-order chi connectivity index (χ1) is 4.20. The second kappa shape index (κ2) is 3.14. The summed E-state index contributed by atoms with van der Waals surface area (Å²) in [6, 6.07) is -0.0457. The number of aliphatic hydroxyl groups is 1. The van der Waals surface area contributed by atoms with E-state index in [0.29, 0.717) is 0 Å². The third-order valence-electron chi connectivity index (χ3n) is 1.57. The number of hydrogen-bond acceptors (Lipinski definition) is 3. The second-order valence-electron chi connectivity index (χ2n) is 2.39. The largest absolute Gasteiger partial charge is 0.391 e. The smallest absolute Gasteiger partial charge is 0.0716 e. The Hall–Kier alpha value is 0.610. The van der Waals surface area contributed by atoms with Crippen LogP contribution < -0.4 is 5.73 Å². The van der Waals surface area contributed by atoms with Crippen molar-refractivity contribution >= 4 is 22.9 Å². The molecule has 2 atom stereocenters. The average Bonchev–Trinajstić information content (AvgIpc) is 1.80. The molecule has 0 aromatic heterocycles. The number of nitrogens with zero attached hydrogens (tertiary/aromatic N) is 1. The van der Waals surface area contributed by atoms with Gasteiger partial charge in [0.25, 0.3) is 0 Å². The van der Waals surface area contributed by atoms with Crippen molar-refractivity contribution in [1.82, 2.24) is 3.11 Å². The van der Waals surface area contributed by atoms with Crippen molar-refractivity contribution in [2.75, 3.05) is 13.1 Å². The van der Waals surface area contributed by atoms with Crippen LogP contribution in [0.1, 0.15) is 6.42 Å². The van der Waals surface area contributed by atoms with Crippen LogP contribution in [0.25, 0.3) is 0 Å². The molecule has 1 rings (SSSR count). The molecule has 1 heterocycles. The topological polar surface area (TPSA) is 49.5 Å². The normalized spacial score (nSPS) is 39.0. The Bertz CT molecular complexity index is 101. The highest BCUT2D eigenvalue weighted by Gasteiger charge is 2.22. The Labute approximate surface area is 68.7 Å². The van der Waals surface area contributed by atoms with E-state index in [-0.39, 0.29) is 12.1 Å². The molecule has 0 aromatic carbocycles. The van der Waals surface area contributed by atoms with E-state index in [0.717, 1.165) is 19.5 Å². The third-order valence-corrected chi connectivity index (χ3v) is 2.45. The Morgan fingerprint density at radius 3 is 2.78 bits per heavy atom. The number of hydrogen-bond donors (Lipinski definition) is 2. The summed E-state index contributed by atoms with van der Waals surface area (Å²) >= 11 is 2.22. The summed E-state index contributed by atoms with van der Waals surface area (Å²) in [5, 5.41) is 9.14. The van der Waals surface area contributed by atoms with Gasteiger partial charge in [0.2, 0.25) is 0 Å². The van der Waals surface area contributed by atoms with Crippen LogP contribution in [-0.4, -0.2) is 33.5 Å². The van der Waals surface area contributed by atoms with Crippen LogP contribution in [0.4, 0.5) is 0 Å². The number of aliphatic hydroxyl groups excluding tert-OH is 1. The van der Waals surface area contributed by atoms with E-state index in [1.165, 1.54) is 0 Å². The highest BCUT2D eigenvalue weighted by Crippen LogP contribution is 2.12. The molecule has 1 aliphatic rings. The Balaban J connectivity index is 2.35. The molecule has 1 saturated heterocycles. The minimum atomic E-state index is -0.281. The zero-order chi connectivity index (χ0) is 6.85. The van der Waals surface area contributed by atoms with E-state index in [9.17, 15) is 0 Å². The van der Waals surface area contributed by atoms with Gasteiger partial charge in [-0.3, -0.25) is 0 Å². The van der Waals surface area contributed by atoms with E-state index in [1.807, 2.05) is 0 Å². The summed E-state index contributed by atoms with van der Waals surface area (Å²) in [5.41, 5.74) is 5.57. The number of piperidine rings is 1. The quantitative estimate of drug-likeness (QED) is 0.454. The lowest BCUT2D eigenvalue weighted by Crippen LogP contribution is -2.47. The Kier molecular flexibility index (Phi) is 2.69. The summed E-state index contributed by atoms with van der Waals surface area (Å²) in [5.74, 6) is 0. The van der Waals surface area contributed by atoms with Gasteiger partial charge in [-0.1, -0.05) is 0 Å². The standard InChI is InChI=1S/C5H11IN2O/c6-8-2-1-5(9)4(7)3-8/h4-5,9H,1-3,7H2/t4-,5+/m0/s1. The molecular formula is C5H11IN2O. The van der Waals surface area contributed by atoms with Crippen molar-refractivity contribution in [2.45, 2.75) is 18.6 Å². The van der Waals surface area contributed by atoms with Gasteiger partial charge in [0.05, 0.1) is 6.10 Å². The first-order valence-corrected chi connectivity index (χ1v) is 4.01. The summed E-state index contributed by atoms with van der Waals surface area (Å²) in [4.78, 5) is 0. The minimum Gasteiger partial charge on any atom is -0.391 e. The molecule has 0 saturated carbocycles.